The number of nitrogens with one attached hydrogen (secondary N) is 1. The van der Waals surface area contributed by atoms with Gasteiger partial charge in [-0.25, -0.2) is 4.57 Å². The van der Waals surface area contributed by atoms with Gasteiger partial charge < -0.3 is 19.8 Å². The van der Waals surface area contributed by atoms with Crippen molar-refractivity contribution in [2.75, 3.05) is 40.9 Å². The Labute approximate surface area is 501 Å². The zero-order valence-electron chi connectivity index (χ0n) is 53.5. The number of carbonyl (C=O) groups excluding carboxylic acids is 1. The van der Waals surface area contributed by atoms with Crippen LogP contribution in [0.15, 0.2) is 109 Å². The van der Waals surface area contributed by atoms with Gasteiger partial charge in [0.2, 0.25) is 5.91 Å². The molecule has 0 radical (unpaired) electrons. The number of unbranched alkanes of at least 4 members (excludes halogenated alkanes) is 32. The fraction of sp³-hybridized carbons (Fsp3) is 0.736. The SMILES string of the molecule is CC/C=C\C/C=C\C/C=C\C/C=C\C/C=C\C/C=C\CCCCCCCCCCCCCCCCC(=O)NC(COP(=O)(O)OCC[N+](C)(C)C)C(O)/C=C/CC/C=C/CC/C=C/CCCCCCCCCCCCCCCCCC. The van der Waals surface area contributed by atoms with Crippen LogP contribution in [0.4, 0.5) is 0 Å². The van der Waals surface area contributed by atoms with Crippen LogP contribution in [0.5, 0.6) is 0 Å². The van der Waals surface area contributed by atoms with Crippen LogP contribution in [0.3, 0.4) is 0 Å². The number of hydrogen-bond donors (Lipinski definition) is 3. The first-order chi connectivity index (χ1) is 39.5. The number of quaternary nitrogens is 1. The summed E-state index contributed by atoms with van der Waals surface area (Å²) >= 11 is 0. The van der Waals surface area contributed by atoms with Crippen molar-refractivity contribution in [1.29, 1.82) is 0 Å². The number of amides is 1. The van der Waals surface area contributed by atoms with Crippen molar-refractivity contribution < 1.29 is 32.9 Å². The summed E-state index contributed by atoms with van der Waals surface area (Å²) < 4.78 is 23.8. The van der Waals surface area contributed by atoms with Gasteiger partial charge in [0.25, 0.3) is 0 Å². The third-order valence-electron chi connectivity index (χ3n) is 14.7. The highest BCUT2D eigenvalue weighted by atomic mass is 31.2. The number of aliphatic hydroxyl groups excluding tert-OH is 1. The lowest BCUT2D eigenvalue weighted by Crippen LogP contribution is -2.45. The van der Waals surface area contributed by atoms with Crippen molar-refractivity contribution in [3.8, 4) is 0 Å². The van der Waals surface area contributed by atoms with Gasteiger partial charge in [-0.2, -0.15) is 0 Å². The Morgan fingerprint density at radius 3 is 1.14 bits per heavy atom. The van der Waals surface area contributed by atoms with Crippen LogP contribution in [0.25, 0.3) is 0 Å². The van der Waals surface area contributed by atoms with Crippen molar-refractivity contribution in [2.45, 2.75) is 302 Å². The molecule has 3 unspecified atom stereocenters. The van der Waals surface area contributed by atoms with E-state index in [1.165, 1.54) is 186 Å². The van der Waals surface area contributed by atoms with Crippen molar-refractivity contribution in [1.82, 2.24) is 5.32 Å². The largest absolute Gasteiger partial charge is 0.472 e. The molecule has 0 saturated carbocycles. The van der Waals surface area contributed by atoms with Crippen LogP contribution in [0, 0.1) is 0 Å². The van der Waals surface area contributed by atoms with Gasteiger partial charge in [0.05, 0.1) is 39.9 Å². The standard InChI is InChI=1S/C72H129N2O6P/c1-6-8-10-12-14-16-18-20-22-24-26-28-30-32-34-35-36-37-38-39-40-42-44-46-48-50-52-54-56-58-60-62-64-66-72(76)73-70(69-80-81(77,78)79-68-67-74(3,4)5)71(75)65-63-61-59-57-55-53-51-49-47-45-43-41-33-31-29-27-25-23-21-19-17-15-13-11-9-7-2/h8,10,14,16,20,22,26,28,32,34,36-37,47,49,55,57,63,65,70-71,75H,6-7,9,11-13,15,17-19,21,23-25,27,29-31,33,35,38-46,48,50-54,56,58-62,64,66-69H2,1-5H3,(H-,73,76,77,78)/p+1/b10-8-,16-14-,22-20-,28-26-,34-32-,37-36-,49-47+,57-55+,65-63+. The molecule has 9 heteroatoms. The Hall–Kier alpha value is -2.84. The zero-order valence-corrected chi connectivity index (χ0v) is 54.4. The fourth-order valence-electron chi connectivity index (χ4n) is 9.49. The van der Waals surface area contributed by atoms with Crippen molar-refractivity contribution in [3.05, 3.63) is 109 Å². The summed E-state index contributed by atoms with van der Waals surface area (Å²) in [6, 6.07) is -0.878. The van der Waals surface area contributed by atoms with Crippen LogP contribution in [0.1, 0.15) is 290 Å². The normalized spacial score (nSPS) is 14.4. The van der Waals surface area contributed by atoms with Gasteiger partial charge in [0, 0.05) is 6.42 Å². The first-order valence-electron chi connectivity index (χ1n) is 33.8. The molecule has 0 fully saturated rings. The predicted octanol–water partition coefficient (Wildman–Crippen LogP) is 21.5. The van der Waals surface area contributed by atoms with E-state index in [1.807, 2.05) is 27.2 Å². The number of carbonyl (C=O) groups is 1. The average Bonchev–Trinajstić information content (AvgIpc) is 3.43. The summed E-state index contributed by atoms with van der Waals surface area (Å²) in [5.41, 5.74) is 0. The third-order valence-corrected chi connectivity index (χ3v) is 15.7. The van der Waals surface area contributed by atoms with Crippen molar-refractivity contribution in [3.63, 3.8) is 0 Å². The Bertz CT molecular complexity index is 1690. The number of phosphoric ester groups is 1. The molecular formula is C72H130N2O6P+. The van der Waals surface area contributed by atoms with E-state index in [0.29, 0.717) is 17.4 Å². The van der Waals surface area contributed by atoms with Gasteiger partial charge in [-0.1, -0.05) is 297 Å². The monoisotopic (exact) mass is 1150 g/mol. The van der Waals surface area contributed by atoms with Crippen LogP contribution in [-0.2, 0) is 18.4 Å². The molecule has 1 amide bonds. The van der Waals surface area contributed by atoms with E-state index in [1.54, 1.807) is 6.08 Å². The molecule has 3 N–H and O–H groups in total. The molecule has 0 spiro atoms. The lowest BCUT2D eigenvalue weighted by molar-refractivity contribution is -0.870. The number of allylic oxidation sites excluding steroid dienone is 17. The summed E-state index contributed by atoms with van der Waals surface area (Å²) in [5, 5.41) is 14.0. The number of likely N-dealkylation sites (N-methyl/N-ethyl adjacent to an activating group) is 1. The fourth-order valence-corrected chi connectivity index (χ4v) is 10.2. The third kappa shape index (κ3) is 64.6. The summed E-state index contributed by atoms with van der Waals surface area (Å²) in [5.74, 6) is -0.193. The van der Waals surface area contributed by atoms with Gasteiger partial charge in [-0.05, 0) is 96.3 Å². The molecule has 0 aliphatic rings. The lowest BCUT2D eigenvalue weighted by atomic mass is 10.0. The number of rotatable bonds is 61. The minimum absolute atomic E-state index is 0.0495. The summed E-state index contributed by atoms with van der Waals surface area (Å²) in [6.45, 7) is 4.69. The number of hydrogen-bond acceptors (Lipinski definition) is 5. The second-order valence-electron chi connectivity index (χ2n) is 23.8. The quantitative estimate of drug-likeness (QED) is 0.0243. The molecule has 0 aromatic rings. The zero-order chi connectivity index (χ0) is 59.1. The molecule has 8 nitrogen and oxygen atoms in total. The van der Waals surface area contributed by atoms with E-state index in [-0.39, 0.29) is 19.1 Å². The van der Waals surface area contributed by atoms with E-state index in [0.717, 1.165) is 83.5 Å². The van der Waals surface area contributed by atoms with E-state index in [2.05, 4.69) is 116 Å². The molecule has 3 atom stereocenters. The van der Waals surface area contributed by atoms with E-state index in [9.17, 15) is 19.4 Å². The van der Waals surface area contributed by atoms with E-state index in [4.69, 9.17) is 9.05 Å². The number of nitrogens with zero attached hydrogens (tertiary/aromatic N) is 1. The van der Waals surface area contributed by atoms with Crippen LogP contribution in [-0.4, -0.2) is 73.4 Å². The molecular weight excluding hydrogens is 1020 g/mol. The molecule has 0 aromatic carbocycles. The number of aliphatic hydroxyl groups is 1. The minimum Gasteiger partial charge on any atom is -0.387 e. The van der Waals surface area contributed by atoms with Crippen LogP contribution in [0.2, 0.25) is 0 Å². The van der Waals surface area contributed by atoms with E-state index >= 15 is 0 Å². The summed E-state index contributed by atoms with van der Waals surface area (Å²) in [7, 11) is 1.54. The molecule has 0 bridgehead atoms. The molecule has 0 aliphatic carbocycles. The van der Waals surface area contributed by atoms with Crippen molar-refractivity contribution in [2.24, 2.45) is 0 Å². The maximum Gasteiger partial charge on any atom is 0.472 e. The van der Waals surface area contributed by atoms with E-state index < -0.39 is 20.0 Å². The van der Waals surface area contributed by atoms with Gasteiger partial charge in [-0.15, -0.1) is 0 Å². The maximum absolute atomic E-state index is 13.0. The highest BCUT2D eigenvalue weighted by molar-refractivity contribution is 7.47. The topological polar surface area (TPSA) is 105 Å². The first-order valence-corrected chi connectivity index (χ1v) is 35.3. The summed E-state index contributed by atoms with van der Waals surface area (Å²) in [6.07, 6.45) is 90.8. The van der Waals surface area contributed by atoms with Gasteiger partial charge in [-0.3, -0.25) is 13.8 Å². The van der Waals surface area contributed by atoms with Crippen molar-refractivity contribution >= 4 is 13.7 Å². The maximum atomic E-state index is 13.0. The highest BCUT2D eigenvalue weighted by Gasteiger charge is 2.28. The molecule has 0 aromatic heterocycles. The minimum atomic E-state index is -4.37. The molecule has 0 aliphatic heterocycles. The Morgan fingerprint density at radius 2 is 0.753 bits per heavy atom. The second kappa shape index (κ2) is 61.7. The van der Waals surface area contributed by atoms with Gasteiger partial charge >= 0.3 is 7.82 Å². The lowest BCUT2D eigenvalue weighted by Gasteiger charge is -2.25. The summed E-state index contributed by atoms with van der Waals surface area (Å²) in [4.78, 5) is 23.4. The molecule has 0 rings (SSSR count). The predicted molar refractivity (Wildman–Crippen MR) is 355 cm³/mol. The molecule has 81 heavy (non-hydrogen) atoms. The van der Waals surface area contributed by atoms with Crippen LogP contribution < -0.4 is 5.32 Å². The van der Waals surface area contributed by atoms with Gasteiger partial charge in [0.15, 0.2) is 0 Å². The first kappa shape index (κ1) is 78.2. The average molecular weight is 1150 g/mol. The highest BCUT2D eigenvalue weighted by Crippen LogP contribution is 2.43. The second-order valence-corrected chi connectivity index (χ2v) is 25.3. The Balaban J connectivity index is 4.17. The molecule has 0 saturated heterocycles. The van der Waals surface area contributed by atoms with Crippen LogP contribution >= 0.6 is 7.82 Å². The van der Waals surface area contributed by atoms with Gasteiger partial charge in [0.1, 0.15) is 13.2 Å². The molecule has 468 valence electrons. The number of phosphoric acid groups is 1. The molecule has 0 heterocycles. The smallest absolute Gasteiger partial charge is 0.387 e. The Morgan fingerprint density at radius 1 is 0.432 bits per heavy atom. The Kier molecular flexibility index (Phi) is 59.5.